The van der Waals surface area contributed by atoms with E-state index in [1.807, 2.05) is 44.2 Å². The zero-order valence-corrected chi connectivity index (χ0v) is 16.9. The number of benzene rings is 2. The molecule has 1 atom stereocenters. The van der Waals surface area contributed by atoms with Crippen LogP contribution in [-0.4, -0.2) is 37.5 Å². The first-order valence-electron chi connectivity index (χ1n) is 9.24. The van der Waals surface area contributed by atoms with Crippen molar-refractivity contribution in [2.24, 2.45) is 5.73 Å². The van der Waals surface area contributed by atoms with E-state index >= 15 is 0 Å². The van der Waals surface area contributed by atoms with Crippen LogP contribution in [0.15, 0.2) is 42.5 Å². The van der Waals surface area contributed by atoms with Crippen LogP contribution in [0.2, 0.25) is 0 Å². The van der Waals surface area contributed by atoms with Gasteiger partial charge >= 0.3 is 12.1 Å². The molecule has 154 valence electrons. The highest BCUT2D eigenvalue weighted by atomic mass is 16.6. The summed E-state index contributed by atoms with van der Waals surface area (Å²) in [6.45, 7) is 3.71. The quantitative estimate of drug-likeness (QED) is 0.522. The third kappa shape index (κ3) is 6.15. The molecule has 0 fully saturated rings. The number of nitrogens with two attached hydrogens (primary N) is 1. The first kappa shape index (κ1) is 22.1. The summed E-state index contributed by atoms with van der Waals surface area (Å²) in [6.07, 6.45) is -0.503. The summed E-state index contributed by atoms with van der Waals surface area (Å²) in [7, 11) is 1.26. The lowest BCUT2D eigenvalue weighted by Gasteiger charge is -2.19. The van der Waals surface area contributed by atoms with Gasteiger partial charge in [-0.1, -0.05) is 30.3 Å². The summed E-state index contributed by atoms with van der Waals surface area (Å²) < 4.78 is 10.0. The fourth-order valence-corrected chi connectivity index (χ4v) is 3.04. The molecule has 0 aromatic heterocycles. The van der Waals surface area contributed by atoms with Crippen molar-refractivity contribution in [1.82, 2.24) is 5.32 Å². The number of esters is 1. The maximum atomic E-state index is 12.2. The van der Waals surface area contributed by atoms with Crippen molar-refractivity contribution < 1.29 is 23.9 Å². The summed E-state index contributed by atoms with van der Waals surface area (Å²) in [4.78, 5) is 36.3. The smallest absolute Gasteiger partial charge is 0.408 e. The monoisotopic (exact) mass is 398 g/mol. The van der Waals surface area contributed by atoms with Gasteiger partial charge in [0, 0.05) is 12.0 Å². The van der Waals surface area contributed by atoms with Crippen LogP contribution in [0.1, 0.15) is 32.6 Å². The Morgan fingerprint density at radius 2 is 1.69 bits per heavy atom. The van der Waals surface area contributed by atoms with Crippen LogP contribution in [-0.2, 0) is 27.3 Å². The maximum absolute atomic E-state index is 12.2. The van der Waals surface area contributed by atoms with Crippen LogP contribution in [0.5, 0.6) is 0 Å². The molecule has 0 unspecified atom stereocenters. The van der Waals surface area contributed by atoms with Gasteiger partial charge in [-0.15, -0.1) is 0 Å². The Hall–Kier alpha value is -3.19. The number of hydrogen-bond donors (Lipinski definition) is 2. The van der Waals surface area contributed by atoms with Crippen LogP contribution in [0, 0.1) is 13.8 Å². The van der Waals surface area contributed by atoms with Crippen molar-refractivity contribution in [2.45, 2.75) is 32.9 Å². The standard InChI is InChI=1S/C22H26N2O5/c1-14-9-17(20(25)12-23)10-15(2)18(14)11-19(21(26)28-3)24-22(27)29-13-16-7-5-4-6-8-16/h4-10,19H,11-13,23H2,1-3H3,(H,24,27)/t19-/m0/s1. The van der Waals surface area contributed by atoms with Gasteiger partial charge in [0.25, 0.3) is 0 Å². The molecular formula is C22H26N2O5. The van der Waals surface area contributed by atoms with Crippen molar-refractivity contribution in [3.8, 4) is 0 Å². The second kappa shape index (κ2) is 10.4. The molecule has 7 nitrogen and oxygen atoms in total. The highest BCUT2D eigenvalue weighted by Gasteiger charge is 2.24. The summed E-state index contributed by atoms with van der Waals surface area (Å²) in [5.41, 5.74) is 9.30. The molecule has 0 aliphatic carbocycles. The Morgan fingerprint density at radius 3 is 2.24 bits per heavy atom. The molecule has 0 aliphatic heterocycles. The minimum absolute atomic E-state index is 0.0716. The Morgan fingerprint density at radius 1 is 1.07 bits per heavy atom. The maximum Gasteiger partial charge on any atom is 0.408 e. The van der Waals surface area contributed by atoms with E-state index in [1.54, 1.807) is 12.1 Å². The van der Waals surface area contributed by atoms with E-state index in [9.17, 15) is 14.4 Å². The van der Waals surface area contributed by atoms with E-state index in [0.717, 1.165) is 22.3 Å². The van der Waals surface area contributed by atoms with Crippen molar-refractivity contribution in [1.29, 1.82) is 0 Å². The lowest BCUT2D eigenvalue weighted by Crippen LogP contribution is -2.43. The van der Waals surface area contributed by atoms with Gasteiger partial charge in [-0.3, -0.25) is 4.79 Å². The SMILES string of the molecule is COC(=O)[C@H](Cc1c(C)cc(C(=O)CN)cc1C)NC(=O)OCc1ccccc1. The van der Waals surface area contributed by atoms with Gasteiger partial charge in [0.1, 0.15) is 12.6 Å². The number of hydrogen-bond acceptors (Lipinski definition) is 6. The average molecular weight is 398 g/mol. The molecule has 0 aliphatic rings. The molecule has 2 aromatic rings. The normalized spacial score (nSPS) is 11.4. The van der Waals surface area contributed by atoms with E-state index in [-0.39, 0.29) is 25.4 Å². The lowest BCUT2D eigenvalue weighted by atomic mass is 9.93. The highest BCUT2D eigenvalue weighted by Crippen LogP contribution is 2.19. The van der Waals surface area contributed by atoms with Crippen LogP contribution in [0.4, 0.5) is 4.79 Å². The van der Waals surface area contributed by atoms with Crippen molar-refractivity contribution >= 4 is 17.8 Å². The Bertz CT molecular complexity index is 857. The number of amides is 1. The highest BCUT2D eigenvalue weighted by molar-refractivity contribution is 5.98. The molecule has 2 aromatic carbocycles. The molecule has 2 rings (SSSR count). The molecule has 0 spiro atoms. The van der Waals surface area contributed by atoms with E-state index in [4.69, 9.17) is 15.2 Å². The number of carbonyl (C=O) groups excluding carboxylic acids is 3. The molecule has 0 heterocycles. The first-order chi connectivity index (χ1) is 13.8. The van der Waals surface area contributed by atoms with Gasteiger partial charge in [0.2, 0.25) is 0 Å². The Balaban J connectivity index is 2.11. The first-order valence-corrected chi connectivity index (χ1v) is 9.24. The second-order valence-corrected chi connectivity index (χ2v) is 6.70. The van der Waals surface area contributed by atoms with Gasteiger partial charge in [-0.05, 0) is 48.2 Å². The van der Waals surface area contributed by atoms with Crippen LogP contribution in [0.3, 0.4) is 0 Å². The molecule has 3 N–H and O–H groups in total. The molecule has 29 heavy (non-hydrogen) atoms. The fourth-order valence-electron chi connectivity index (χ4n) is 3.04. The van der Waals surface area contributed by atoms with Crippen molar-refractivity contribution in [3.05, 3.63) is 70.3 Å². The second-order valence-electron chi connectivity index (χ2n) is 6.70. The molecule has 0 saturated carbocycles. The summed E-state index contributed by atoms with van der Waals surface area (Å²) >= 11 is 0. The zero-order chi connectivity index (χ0) is 21.4. The summed E-state index contributed by atoms with van der Waals surface area (Å²) in [6, 6.07) is 11.8. The molecule has 0 bridgehead atoms. The minimum atomic E-state index is -0.920. The van der Waals surface area contributed by atoms with E-state index < -0.39 is 18.1 Å². The predicted octanol–water partition coefficient (Wildman–Crippen LogP) is 2.46. The molecule has 7 heteroatoms. The van der Waals surface area contributed by atoms with Gasteiger partial charge in [0.05, 0.1) is 13.7 Å². The molecule has 0 saturated heterocycles. The van der Waals surface area contributed by atoms with E-state index in [0.29, 0.717) is 5.56 Å². The lowest BCUT2D eigenvalue weighted by molar-refractivity contribution is -0.143. The Labute approximate surface area is 170 Å². The Kier molecular flexibility index (Phi) is 7.91. The number of aryl methyl sites for hydroxylation is 2. The summed E-state index contributed by atoms with van der Waals surface area (Å²) in [5.74, 6) is -0.738. The number of nitrogens with one attached hydrogen (secondary N) is 1. The van der Waals surface area contributed by atoms with E-state index in [2.05, 4.69) is 5.32 Å². The molecular weight excluding hydrogens is 372 g/mol. The number of alkyl carbamates (subject to hydrolysis) is 1. The van der Waals surface area contributed by atoms with Crippen LogP contribution in [0.25, 0.3) is 0 Å². The zero-order valence-electron chi connectivity index (χ0n) is 16.9. The van der Waals surface area contributed by atoms with E-state index in [1.165, 1.54) is 7.11 Å². The third-order valence-electron chi connectivity index (χ3n) is 4.60. The van der Waals surface area contributed by atoms with Gasteiger partial charge in [-0.2, -0.15) is 0 Å². The predicted molar refractivity (Wildman–Crippen MR) is 109 cm³/mol. The van der Waals surface area contributed by atoms with Gasteiger partial charge in [0.15, 0.2) is 5.78 Å². The van der Waals surface area contributed by atoms with Crippen molar-refractivity contribution in [2.75, 3.05) is 13.7 Å². The number of Topliss-reactive ketones (excluding diaryl/α,β-unsaturated/α-hetero) is 1. The van der Waals surface area contributed by atoms with Gasteiger partial charge < -0.3 is 20.5 Å². The number of rotatable bonds is 8. The summed E-state index contributed by atoms with van der Waals surface area (Å²) in [5, 5.41) is 2.57. The molecule has 1 amide bonds. The largest absolute Gasteiger partial charge is 0.467 e. The van der Waals surface area contributed by atoms with Crippen LogP contribution >= 0.6 is 0 Å². The number of ether oxygens (including phenoxy) is 2. The number of methoxy groups -OCH3 is 1. The van der Waals surface area contributed by atoms with Gasteiger partial charge in [-0.25, -0.2) is 9.59 Å². The number of ketones is 1. The topological polar surface area (TPSA) is 108 Å². The molecule has 0 radical (unpaired) electrons. The fraction of sp³-hybridized carbons (Fsp3) is 0.318. The number of carbonyl (C=O) groups is 3. The van der Waals surface area contributed by atoms with Crippen LogP contribution < -0.4 is 11.1 Å². The third-order valence-corrected chi connectivity index (χ3v) is 4.60. The van der Waals surface area contributed by atoms with Crippen molar-refractivity contribution in [3.63, 3.8) is 0 Å². The average Bonchev–Trinajstić information content (AvgIpc) is 2.73. The minimum Gasteiger partial charge on any atom is -0.467 e.